The fourth-order valence-corrected chi connectivity index (χ4v) is 1.19. The summed E-state index contributed by atoms with van der Waals surface area (Å²) in [6.45, 7) is 5.92. The molecule has 2 atom stereocenters. The summed E-state index contributed by atoms with van der Waals surface area (Å²) in [5, 5.41) is 0. The summed E-state index contributed by atoms with van der Waals surface area (Å²) in [5.74, 6) is -0.233. The van der Waals surface area contributed by atoms with Crippen LogP contribution in [0.4, 0.5) is 0 Å². The van der Waals surface area contributed by atoms with Crippen molar-refractivity contribution in [2.45, 2.75) is 32.0 Å². The van der Waals surface area contributed by atoms with Crippen molar-refractivity contribution in [2.24, 2.45) is 0 Å². The molecule has 1 rings (SSSR count). The first-order valence-electron chi connectivity index (χ1n) is 4.21. The van der Waals surface area contributed by atoms with Crippen molar-refractivity contribution >= 4 is 5.97 Å². The molecular formula is C9H14O3. The molecule has 68 valence electrons. The van der Waals surface area contributed by atoms with Crippen molar-refractivity contribution in [3.8, 4) is 0 Å². The lowest BCUT2D eigenvalue weighted by Gasteiger charge is -2.03. The van der Waals surface area contributed by atoms with Gasteiger partial charge in [0.05, 0.1) is 6.61 Å². The molecule has 3 heteroatoms. The van der Waals surface area contributed by atoms with Gasteiger partial charge in [0.2, 0.25) is 0 Å². The largest absolute Gasteiger partial charge is 0.460 e. The van der Waals surface area contributed by atoms with Crippen LogP contribution in [0.2, 0.25) is 0 Å². The summed E-state index contributed by atoms with van der Waals surface area (Å²) < 4.78 is 10.2. The van der Waals surface area contributed by atoms with E-state index < -0.39 is 0 Å². The topological polar surface area (TPSA) is 35.5 Å². The van der Waals surface area contributed by atoms with Gasteiger partial charge < -0.3 is 9.47 Å². The van der Waals surface area contributed by atoms with Crippen LogP contribution in [-0.4, -0.2) is 24.8 Å². The average Bonchev–Trinajstić information content (AvgIpc) is 2.43. The molecule has 3 nitrogen and oxygen atoms in total. The molecule has 0 radical (unpaired) electrons. The van der Waals surface area contributed by atoms with Gasteiger partial charge in [-0.1, -0.05) is 13.0 Å². The van der Waals surface area contributed by atoms with E-state index in [0.29, 0.717) is 13.0 Å². The van der Waals surface area contributed by atoms with E-state index in [4.69, 9.17) is 9.47 Å². The standard InChI is InChI=1S/C9H14O3/c1-3-5-11-8-6-7(4-2)12-9(8)10/h3,7-8H,1,4-6H2,2H3/t7-,8-/m1/s1. The van der Waals surface area contributed by atoms with Crippen LogP contribution in [0, 0.1) is 0 Å². The van der Waals surface area contributed by atoms with E-state index in [1.54, 1.807) is 6.08 Å². The Morgan fingerprint density at radius 1 is 1.83 bits per heavy atom. The van der Waals surface area contributed by atoms with Gasteiger partial charge in [0.25, 0.3) is 0 Å². The highest BCUT2D eigenvalue weighted by atomic mass is 16.6. The van der Waals surface area contributed by atoms with Gasteiger partial charge in [-0.05, 0) is 6.42 Å². The number of hydrogen-bond donors (Lipinski definition) is 0. The van der Waals surface area contributed by atoms with Crippen LogP contribution in [0.1, 0.15) is 19.8 Å². The second-order valence-electron chi connectivity index (χ2n) is 2.81. The van der Waals surface area contributed by atoms with Crippen LogP contribution in [0.5, 0.6) is 0 Å². The first-order chi connectivity index (χ1) is 5.77. The molecule has 0 aromatic rings. The number of carbonyl (C=O) groups excluding carboxylic acids is 1. The molecule has 1 fully saturated rings. The van der Waals surface area contributed by atoms with Gasteiger partial charge >= 0.3 is 5.97 Å². The van der Waals surface area contributed by atoms with Crippen LogP contribution in [0.3, 0.4) is 0 Å². The van der Waals surface area contributed by atoms with Crippen LogP contribution in [0.15, 0.2) is 12.7 Å². The third-order valence-electron chi connectivity index (χ3n) is 1.89. The zero-order chi connectivity index (χ0) is 8.97. The van der Waals surface area contributed by atoms with Crippen LogP contribution >= 0.6 is 0 Å². The van der Waals surface area contributed by atoms with Crippen LogP contribution < -0.4 is 0 Å². The fraction of sp³-hybridized carbons (Fsp3) is 0.667. The lowest BCUT2D eigenvalue weighted by Crippen LogP contribution is -2.18. The molecule has 0 amide bonds. The van der Waals surface area contributed by atoms with Crippen molar-refractivity contribution in [3.63, 3.8) is 0 Å². The minimum atomic E-state index is -0.368. The van der Waals surface area contributed by atoms with Crippen LogP contribution in [-0.2, 0) is 14.3 Å². The summed E-state index contributed by atoms with van der Waals surface area (Å²) in [6, 6.07) is 0. The van der Waals surface area contributed by atoms with Gasteiger partial charge in [-0.2, -0.15) is 0 Å². The van der Waals surface area contributed by atoms with Crippen molar-refractivity contribution in [1.29, 1.82) is 0 Å². The summed E-state index contributed by atoms with van der Waals surface area (Å²) in [6.07, 6.45) is 2.86. The monoisotopic (exact) mass is 170 g/mol. The third kappa shape index (κ3) is 2.08. The van der Waals surface area contributed by atoms with Gasteiger partial charge in [0.15, 0.2) is 6.10 Å². The Labute approximate surface area is 72.4 Å². The molecule has 0 bridgehead atoms. The van der Waals surface area contributed by atoms with Gasteiger partial charge in [-0.3, -0.25) is 0 Å². The minimum Gasteiger partial charge on any atom is -0.460 e. The number of hydrogen-bond acceptors (Lipinski definition) is 3. The normalized spacial score (nSPS) is 28.6. The van der Waals surface area contributed by atoms with Gasteiger partial charge in [0, 0.05) is 6.42 Å². The molecule has 0 aliphatic carbocycles. The summed E-state index contributed by atoms with van der Waals surface area (Å²) in [5.41, 5.74) is 0. The van der Waals surface area contributed by atoms with E-state index in [1.807, 2.05) is 6.92 Å². The number of ether oxygens (including phenoxy) is 2. The Balaban J connectivity index is 2.35. The number of esters is 1. The van der Waals surface area contributed by atoms with Crippen molar-refractivity contribution in [3.05, 3.63) is 12.7 Å². The predicted molar refractivity (Wildman–Crippen MR) is 44.7 cm³/mol. The zero-order valence-electron chi connectivity index (χ0n) is 7.29. The fourth-order valence-electron chi connectivity index (χ4n) is 1.19. The van der Waals surface area contributed by atoms with E-state index in [-0.39, 0.29) is 18.2 Å². The summed E-state index contributed by atoms with van der Waals surface area (Å²) in [4.78, 5) is 11.1. The van der Waals surface area contributed by atoms with Gasteiger partial charge in [-0.15, -0.1) is 6.58 Å². The molecular weight excluding hydrogens is 156 g/mol. The van der Waals surface area contributed by atoms with E-state index in [9.17, 15) is 4.79 Å². The Morgan fingerprint density at radius 2 is 2.58 bits per heavy atom. The molecule has 1 aliphatic heterocycles. The molecule has 0 spiro atoms. The molecule has 0 aromatic heterocycles. The lowest BCUT2D eigenvalue weighted by molar-refractivity contribution is -0.149. The Morgan fingerprint density at radius 3 is 3.08 bits per heavy atom. The van der Waals surface area contributed by atoms with Crippen LogP contribution in [0.25, 0.3) is 0 Å². The maximum atomic E-state index is 11.1. The Bertz CT molecular complexity index is 177. The molecule has 1 heterocycles. The van der Waals surface area contributed by atoms with Gasteiger partial charge in [0.1, 0.15) is 6.10 Å². The second kappa shape index (κ2) is 4.26. The quantitative estimate of drug-likeness (QED) is 0.471. The molecule has 12 heavy (non-hydrogen) atoms. The van der Waals surface area contributed by atoms with Crippen molar-refractivity contribution < 1.29 is 14.3 Å². The zero-order valence-corrected chi connectivity index (χ0v) is 7.29. The van der Waals surface area contributed by atoms with Crippen molar-refractivity contribution in [1.82, 2.24) is 0 Å². The molecule has 0 unspecified atom stereocenters. The highest BCUT2D eigenvalue weighted by Crippen LogP contribution is 2.19. The highest BCUT2D eigenvalue weighted by Gasteiger charge is 2.33. The summed E-state index contributed by atoms with van der Waals surface area (Å²) >= 11 is 0. The first-order valence-corrected chi connectivity index (χ1v) is 4.21. The maximum Gasteiger partial charge on any atom is 0.335 e. The van der Waals surface area contributed by atoms with E-state index in [2.05, 4.69) is 6.58 Å². The molecule has 0 N–H and O–H groups in total. The lowest BCUT2D eigenvalue weighted by atomic mass is 10.2. The molecule has 0 saturated carbocycles. The van der Waals surface area contributed by atoms with Crippen molar-refractivity contribution in [2.75, 3.05) is 6.61 Å². The third-order valence-corrected chi connectivity index (χ3v) is 1.89. The Kier molecular flexibility index (Phi) is 3.29. The summed E-state index contributed by atoms with van der Waals surface area (Å²) in [7, 11) is 0. The highest BCUT2D eigenvalue weighted by molar-refractivity contribution is 5.76. The Hall–Kier alpha value is -0.830. The van der Waals surface area contributed by atoms with Gasteiger partial charge in [-0.25, -0.2) is 4.79 Å². The average molecular weight is 170 g/mol. The first kappa shape index (κ1) is 9.26. The number of rotatable bonds is 4. The predicted octanol–water partition coefficient (Wildman–Crippen LogP) is 1.28. The number of carbonyl (C=O) groups is 1. The minimum absolute atomic E-state index is 0.0484. The molecule has 1 aliphatic rings. The molecule has 0 aromatic carbocycles. The smallest absolute Gasteiger partial charge is 0.335 e. The van der Waals surface area contributed by atoms with E-state index in [0.717, 1.165) is 6.42 Å². The van der Waals surface area contributed by atoms with E-state index >= 15 is 0 Å². The SMILES string of the molecule is C=CCO[C@@H]1C[C@@H](CC)OC1=O. The second-order valence-corrected chi connectivity index (χ2v) is 2.81. The maximum absolute atomic E-state index is 11.1. The van der Waals surface area contributed by atoms with E-state index in [1.165, 1.54) is 0 Å². The number of cyclic esters (lactones) is 1. The molecule has 1 saturated heterocycles.